The summed E-state index contributed by atoms with van der Waals surface area (Å²) in [6.07, 6.45) is -5.91. The summed E-state index contributed by atoms with van der Waals surface area (Å²) in [5.74, 6) is -5.65. The van der Waals surface area contributed by atoms with E-state index in [-0.39, 0.29) is 16.6 Å². The second-order valence-electron chi connectivity index (χ2n) is 7.05. The third-order valence-corrected chi connectivity index (χ3v) is 4.89. The van der Waals surface area contributed by atoms with Gasteiger partial charge in [0.1, 0.15) is 23.7 Å². The number of rotatable bonds is 9. The SMILES string of the molecule is C=C(O/C(Cl)=C(\C)c1ccc(C(F)(F)F)cc1)C(COC(C)=O)Oc1ccc(F)c(C(N)=O)c1F. The van der Waals surface area contributed by atoms with Crippen LogP contribution in [0.4, 0.5) is 22.0 Å². The Morgan fingerprint density at radius 3 is 2.20 bits per heavy atom. The van der Waals surface area contributed by atoms with E-state index >= 15 is 0 Å². The van der Waals surface area contributed by atoms with Crippen LogP contribution in [-0.4, -0.2) is 24.6 Å². The standard InChI is InChI=1S/C23H19ClF5NO5/c1-11(14-4-6-15(7-5-14)23(27,28)29)21(24)34-12(2)18(10-33-13(3)31)35-17-9-8-16(25)19(20(17)26)22(30)32/h4-9,18H,2,10H2,1,3H3,(H2,30,32)/b21-11+. The van der Waals surface area contributed by atoms with Crippen molar-refractivity contribution in [2.24, 2.45) is 5.73 Å². The first-order valence-electron chi connectivity index (χ1n) is 9.70. The molecule has 12 heteroatoms. The Morgan fingerprint density at radius 2 is 1.69 bits per heavy atom. The minimum atomic E-state index is -4.52. The Labute approximate surface area is 201 Å². The zero-order valence-corrected chi connectivity index (χ0v) is 19.1. The number of esters is 1. The number of nitrogens with two attached hydrogens (primary N) is 1. The van der Waals surface area contributed by atoms with Gasteiger partial charge in [0.2, 0.25) is 0 Å². The van der Waals surface area contributed by atoms with Crippen molar-refractivity contribution in [3.63, 3.8) is 0 Å². The number of ether oxygens (including phenoxy) is 3. The molecule has 0 fully saturated rings. The summed E-state index contributed by atoms with van der Waals surface area (Å²) in [4.78, 5) is 22.6. The maximum Gasteiger partial charge on any atom is 0.416 e. The maximum absolute atomic E-state index is 14.6. The molecule has 1 amide bonds. The van der Waals surface area contributed by atoms with E-state index in [1.54, 1.807) is 0 Å². The van der Waals surface area contributed by atoms with Crippen LogP contribution in [0.25, 0.3) is 5.57 Å². The molecule has 0 spiro atoms. The molecular weight excluding hydrogens is 501 g/mol. The van der Waals surface area contributed by atoms with Crippen molar-refractivity contribution in [3.8, 4) is 5.75 Å². The highest BCUT2D eigenvalue weighted by molar-refractivity contribution is 6.31. The molecule has 0 saturated carbocycles. The fourth-order valence-corrected chi connectivity index (χ4v) is 2.88. The third kappa shape index (κ3) is 7.19. The van der Waals surface area contributed by atoms with Crippen LogP contribution in [-0.2, 0) is 20.4 Å². The monoisotopic (exact) mass is 519 g/mol. The molecule has 1 atom stereocenters. The average Bonchev–Trinajstić information content (AvgIpc) is 2.76. The van der Waals surface area contributed by atoms with E-state index in [1.165, 1.54) is 19.1 Å². The lowest BCUT2D eigenvalue weighted by molar-refractivity contribution is -0.143. The number of benzene rings is 2. The molecule has 188 valence electrons. The number of halogens is 6. The van der Waals surface area contributed by atoms with Crippen LogP contribution in [0.2, 0.25) is 0 Å². The van der Waals surface area contributed by atoms with Gasteiger partial charge in [-0.05, 0) is 48.4 Å². The molecule has 2 N–H and O–H groups in total. The quantitative estimate of drug-likeness (QED) is 0.266. The van der Waals surface area contributed by atoms with E-state index in [1.807, 2.05) is 0 Å². The second kappa shape index (κ2) is 11.2. The summed E-state index contributed by atoms with van der Waals surface area (Å²) >= 11 is 6.15. The number of hydrogen-bond donors (Lipinski definition) is 1. The van der Waals surface area contributed by atoms with Crippen molar-refractivity contribution in [1.29, 1.82) is 0 Å². The Bertz CT molecular complexity index is 1160. The van der Waals surface area contributed by atoms with Gasteiger partial charge in [-0.15, -0.1) is 0 Å². The molecule has 0 radical (unpaired) electrons. The number of amides is 1. The highest BCUT2D eigenvalue weighted by atomic mass is 35.5. The van der Waals surface area contributed by atoms with Crippen LogP contribution in [0.3, 0.4) is 0 Å². The molecule has 0 aromatic heterocycles. The van der Waals surface area contributed by atoms with E-state index in [4.69, 9.17) is 31.5 Å². The van der Waals surface area contributed by atoms with Gasteiger partial charge in [0.15, 0.2) is 22.9 Å². The van der Waals surface area contributed by atoms with Gasteiger partial charge in [-0.2, -0.15) is 13.2 Å². The molecule has 35 heavy (non-hydrogen) atoms. The van der Waals surface area contributed by atoms with Crippen LogP contribution >= 0.6 is 11.6 Å². The van der Waals surface area contributed by atoms with Gasteiger partial charge < -0.3 is 19.9 Å². The van der Waals surface area contributed by atoms with Crippen molar-refractivity contribution in [1.82, 2.24) is 0 Å². The lowest BCUT2D eigenvalue weighted by atomic mass is 10.1. The number of hydrogen-bond acceptors (Lipinski definition) is 5. The lowest BCUT2D eigenvalue weighted by Crippen LogP contribution is -2.28. The van der Waals surface area contributed by atoms with Crippen LogP contribution in [0.5, 0.6) is 5.75 Å². The van der Waals surface area contributed by atoms with Crippen LogP contribution in [0, 0.1) is 11.6 Å². The van der Waals surface area contributed by atoms with Gasteiger partial charge in [0, 0.05) is 12.5 Å². The molecule has 2 aromatic rings. The predicted molar refractivity (Wildman–Crippen MR) is 116 cm³/mol. The molecule has 6 nitrogen and oxygen atoms in total. The molecule has 2 aromatic carbocycles. The van der Waals surface area contributed by atoms with Crippen LogP contribution in [0.1, 0.15) is 35.3 Å². The van der Waals surface area contributed by atoms with Crippen molar-refractivity contribution >= 4 is 29.1 Å². The van der Waals surface area contributed by atoms with Crippen LogP contribution < -0.4 is 10.5 Å². The maximum atomic E-state index is 14.6. The summed E-state index contributed by atoms with van der Waals surface area (Å²) in [5, 5.41) is -0.316. The highest BCUT2D eigenvalue weighted by Crippen LogP contribution is 2.32. The van der Waals surface area contributed by atoms with Crippen molar-refractivity contribution in [2.45, 2.75) is 26.1 Å². The first kappa shape index (κ1) is 27.6. The molecule has 0 bridgehead atoms. The topological polar surface area (TPSA) is 87.8 Å². The van der Waals surface area contributed by atoms with E-state index in [0.29, 0.717) is 5.56 Å². The fraction of sp³-hybridized carbons (Fsp3) is 0.217. The molecule has 2 rings (SSSR count). The normalized spacial score (nSPS) is 12.9. The second-order valence-corrected chi connectivity index (χ2v) is 7.39. The molecule has 0 saturated heterocycles. The molecule has 0 aliphatic rings. The van der Waals surface area contributed by atoms with Crippen molar-refractivity contribution in [3.05, 3.63) is 82.3 Å². The number of carbonyl (C=O) groups excluding carboxylic acids is 2. The summed E-state index contributed by atoms with van der Waals surface area (Å²) in [7, 11) is 0. The fourth-order valence-electron chi connectivity index (χ4n) is 2.67. The molecule has 0 heterocycles. The van der Waals surface area contributed by atoms with E-state index in [9.17, 15) is 31.5 Å². The molecular formula is C23H19ClF5NO5. The minimum absolute atomic E-state index is 0.219. The smallest absolute Gasteiger partial charge is 0.416 e. The van der Waals surface area contributed by atoms with Gasteiger partial charge in [0.05, 0.1) is 5.56 Å². The van der Waals surface area contributed by atoms with Crippen molar-refractivity contribution in [2.75, 3.05) is 6.61 Å². The lowest BCUT2D eigenvalue weighted by Gasteiger charge is -2.22. The Balaban J connectivity index is 2.30. The Hall–Kier alpha value is -3.60. The number of alkyl halides is 3. The van der Waals surface area contributed by atoms with E-state index < -0.39 is 59.3 Å². The Kier molecular flexibility index (Phi) is 8.86. The summed E-state index contributed by atoms with van der Waals surface area (Å²) < 4.78 is 82.3. The molecule has 0 aliphatic heterocycles. The minimum Gasteiger partial charge on any atom is -0.476 e. The Morgan fingerprint density at radius 1 is 1.09 bits per heavy atom. The van der Waals surface area contributed by atoms with E-state index in [0.717, 1.165) is 31.2 Å². The van der Waals surface area contributed by atoms with Gasteiger partial charge in [-0.3, -0.25) is 9.59 Å². The average molecular weight is 520 g/mol. The first-order chi connectivity index (χ1) is 16.2. The third-order valence-electron chi connectivity index (χ3n) is 4.53. The number of primary amides is 1. The first-order valence-corrected chi connectivity index (χ1v) is 10.1. The van der Waals surface area contributed by atoms with Crippen LogP contribution in [0.15, 0.2) is 54.0 Å². The summed E-state index contributed by atoms with van der Waals surface area (Å²) in [6.45, 7) is 5.61. The van der Waals surface area contributed by atoms with Gasteiger partial charge in [-0.25, -0.2) is 8.78 Å². The van der Waals surface area contributed by atoms with Crippen molar-refractivity contribution < 1.29 is 45.8 Å². The highest BCUT2D eigenvalue weighted by Gasteiger charge is 2.30. The largest absolute Gasteiger partial charge is 0.476 e. The molecule has 0 aliphatic carbocycles. The number of carbonyl (C=O) groups is 2. The molecule has 1 unspecified atom stereocenters. The summed E-state index contributed by atoms with van der Waals surface area (Å²) in [5.41, 5.74) is 3.60. The number of allylic oxidation sites excluding steroid dienone is 1. The van der Waals surface area contributed by atoms with Gasteiger partial charge >= 0.3 is 12.1 Å². The van der Waals surface area contributed by atoms with E-state index in [2.05, 4.69) is 6.58 Å². The zero-order valence-electron chi connectivity index (χ0n) is 18.3. The zero-order chi connectivity index (χ0) is 26.5. The predicted octanol–water partition coefficient (Wildman–Crippen LogP) is 5.55. The van der Waals surface area contributed by atoms with Gasteiger partial charge in [0.25, 0.3) is 5.91 Å². The van der Waals surface area contributed by atoms with Gasteiger partial charge in [-0.1, -0.05) is 18.7 Å². The summed E-state index contributed by atoms with van der Waals surface area (Å²) in [6, 6.07) is 5.69.